The van der Waals surface area contributed by atoms with Gasteiger partial charge in [-0.3, -0.25) is 24.5 Å². The fourth-order valence-corrected chi connectivity index (χ4v) is 5.03. The van der Waals surface area contributed by atoms with E-state index < -0.39 is 34.8 Å². The number of carbonyl (C=O) groups is 2. The number of rotatable bonds is 7. The Hall–Kier alpha value is -5.02. The number of fused-ring (bicyclic) bond motifs is 1. The number of amides is 2. The van der Waals surface area contributed by atoms with Gasteiger partial charge in [-0.25, -0.2) is 9.96 Å². The van der Waals surface area contributed by atoms with Gasteiger partial charge in [0.2, 0.25) is 5.91 Å². The van der Waals surface area contributed by atoms with Gasteiger partial charge in [0.05, 0.1) is 22.3 Å². The minimum Gasteiger partial charge on any atom is -0.489 e. The maximum absolute atomic E-state index is 13.7. The third-order valence-corrected chi connectivity index (χ3v) is 6.91. The summed E-state index contributed by atoms with van der Waals surface area (Å²) in [4.78, 5) is 44.9. The molecular weight excluding hydrogens is 498 g/mol. The van der Waals surface area contributed by atoms with Gasteiger partial charge in [-0.15, -0.1) is 0 Å². The number of ether oxygens (including phenoxy) is 1. The summed E-state index contributed by atoms with van der Waals surface area (Å²) in [6.45, 7) is 0.421. The van der Waals surface area contributed by atoms with E-state index in [1.54, 1.807) is 5.06 Å². The molecule has 9 heteroatoms. The third-order valence-electron chi connectivity index (χ3n) is 6.91. The topological polar surface area (TPSA) is 102 Å². The number of nitrogens with zero attached hydrogens (tertiary/aromatic N) is 3. The molecule has 2 aliphatic rings. The van der Waals surface area contributed by atoms with Crippen molar-refractivity contribution in [1.82, 2.24) is 0 Å². The molecule has 9 nitrogen and oxygen atoms in total. The second kappa shape index (κ2) is 10.0. The predicted molar refractivity (Wildman–Crippen MR) is 143 cm³/mol. The number of benzene rings is 4. The zero-order chi connectivity index (χ0) is 26.9. The number of nitro groups is 1. The van der Waals surface area contributed by atoms with E-state index in [2.05, 4.69) is 0 Å². The lowest BCUT2D eigenvalue weighted by atomic mass is 9.90. The Balaban J connectivity index is 1.30. The first-order chi connectivity index (χ1) is 19.0. The van der Waals surface area contributed by atoms with Crippen molar-refractivity contribution in [2.24, 2.45) is 5.92 Å². The molecule has 6 rings (SSSR count). The smallest absolute Gasteiger partial charge is 0.269 e. The Kier molecular flexibility index (Phi) is 6.26. The maximum Gasteiger partial charge on any atom is 0.269 e. The van der Waals surface area contributed by atoms with Gasteiger partial charge in [0.15, 0.2) is 6.10 Å². The van der Waals surface area contributed by atoms with Crippen molar-refractivity contribution < 1.29 is 24.1 Å². The van der Waals surface area contributed by atoms with Gasteiger partial charge in [0.1, 0.15) is 18.3 Å². The van der Waals surface area contributed by atoms with Crippen LogP contribution in [0.3, 0.4) is 0 Å². The van der Waals surface area contributed by atoms with Crippen LogP contribution in [-0.2, 0) is 21.0 Å². The second-order valence-electron chi connectivity index (χ2n) is 9.29. The van der Waals surface area contributed by atoms with Gasteiger partial charge in [0.25, 0.3) is 11.6 Å². The zero-order valence-corrected chi connectivity index (χ0v) is 20.6. The van der Waals surface area contributed by atoms with Crippen molar-refractivity contribution in [2.45, 2.75) is 18.8 Å². The Morgan fingerprint density at radius 2 is 1.41 bits per heavy atom. The molecule has 2 heterocycles. The van der Waals surface area contributed by atoms with E-state index in [4.69, 9.17) is 9.57 Å². The summed E-state index contributed by atoms with van der Waals surface area (Å²) in [6, 6.07) is 31.3. The summed E-state index contributed by atoms with van der Waals surface area (Å²) >= 11 is 0. The number of anilines is 2. The normalized spacial score (nSPS) is 20.3. The second-order valence-corrected chi connectivity index (χ2v) is 9.29. The molecule has 4 aromatic rings. The highest BCUT2D eigenvalue weighted by atomic mass is 16.7. The molecule has 0 N–H and O–H groups in total. The highest BCUT2D eigenvalue weighted by Gasteiger charge is 2.60. The van der Waals surface area contributed by atoms with Crippen LogP contribution < -0.4 is 14.7 Å². The van der Waals surface area contributed by atoms with E-state index in [1.807, 2.05) is 84.9 Å². The van der Waals surface area contributed by atoms with Gasteiger partial charge >= 0.3 is 0 Å². The predicted octanol–water partition coefficient (Wildman–Crippen LogP) is 5.22. The Morgan fingerprint density at radius 1 is 0.769 bits per heavy atom. The highest BCUT2D eigenvalue weighted by molar-refractivity contribution is 6.24. The number of nitro benzene ring substituents is 1. The molecule has 2 amide bonds. The number of carbonyl (C=O) groups excluding carboxylic acids is 2. The molecule has 0 radical (unpaired) electrons. The lowest BCUT2D eigenvalue weighted by Crippen LogP contribution is -2.37. The zero-order valence-electron chi connectivity index (χ0n) is 20.6. The standard InChI is InChI=1S/C30H23N3O6/c34-29-26-27(21-11-17-25(18-12-21)38-19-20-7-3-1-4-8-20)32(23-9-5-2-6-10-23)39-28(26)30(35)31(29)22-13-15-24(16-14-22)33(36)37/h1-18,26-28H,19H2. The Labute approximate surface area is 223 Å². The Morgan fingerprint density at radius 3 is 2.05 bits per heavy atom. The first-order valence-corrected chi connectivity index (χ1v) is 12.4. The van der Waals surface area contributed by atoms with Crippen LogP contribution in [0.1, 0.15) is 17.2 Å². The van der Waals surface area contributed by atoms with Crippen molar-refractivity contribution in [3.05, 3.63) is 130 Å². The average Bonchev–Trinajstić information content (AvgIpc) is 3.49. The van der Waals surface area contributed by atoms with Crippen molar-refractivity contribution >= 4 is 28.9 Å². The largest absolute Gasteiger partial charge is 0.489 e. The molecule has 0 saturated carbocycles. The van der Waals surface area contributed by atoms with Crippen LogP contribution >= 0.6 is 0 Å². The summed E-state index contributed by atoms with van der Waals surface area (Å²) in [5, 5.41) is 12.7. The first kappa shape index (κ1) is 24.3. The highest BCUT2D eigenvalue weighted by Crippen LogP contribution is 2.47. The van der Waals surface area contributed by atoms with Crippen LogP contribution in [0.2, 0.25) is 0 Å². The van der Waals surface area contributed by atoms with Gasteiger partial charge in [-0.1, -0.05) is 60.7 Å². The minimum atomic E-state index is -1.04. The number of hydrogen-bond donors (Lipinski definition) is 0. The van der Waals surface area contributed by atoms with Crippen LogP contribution in [0, 0.1) is 16.0 Å². The molecule has 2 aliphatic heterocycles. The van der Waals surface area contributed by atoms with E-state index in [9.17, 15) is 19.7 Å². The van der Waals surface area contributed by atoms with Crippen LogP contribution in [0.25, 0.3) is 0 Å². The molecule has 2 fully saturated rings. The fourth-order valence-electron chi connectivity index (χ4n) is 5.03. The summed E-state index contributed by atoms with van der Waals surface area (Å²) in [5.41, 5.74) is 2.68. The maximum atomic E-state index is 13.7. The van der Waals surface area contributed by atoms with Gasteiger partial charge in [-0.05, 0) is 47.5 Å². The SMILES string of the molecule is O=C1C2ON(c3ccccc3)C(c3ccc(OCc4ccccc4)cc3)C2C(=O)N1c1ccc([N+](=O)[O-])cc1. The molecule has 0 bridgehead atoms. The number of hydrogen-bond acceptors (Lipinski definition) is 7. The molecule has 3 atom stereocenters. The number of hydroxylamine groups is 1. The van der Waals surface area contributed by atoms with Crippen molar-refractivity contribution in [3.63, 3.8) is 0 Å². The molecule has 0 spiro atoms. The average molecular weight is 522 g/mol. The van der Waals surface area contributed by atoms with E-state index in [0.717, 1.165) is 16.0 Å². The fraction of sp³-hybridized carbons (Fsp3) is 0.133. The summed E-state index contributed by atoms with van der Waals surface area (Å²) < 4.78 is 5.93. The van der Waals surface area contributed by atoms with Crippen molar-refractivity contribution in [2.75, 3.05) is 9.96 Å². The molecule has 194 valence electrons. The summed E-state index contributed by atoms with van der Waals surface area (Å²) in [6.07, 6.45) is -1.04. The molecule has 3 unspecified atom stereocenters. The first-order valence-electron chi connectivity index (χ1n) is 12.4. The van der Waals surface area contributed by atoms with E-state index in [-0.39, 0.29) is 11.4 Å². The van der Waals surface area contributed by atoms with Gasteiger partial charge < -0.3 is 4.74 Å². The monoisotopic (exact) mass is 521 g/mol. The quantitative estimate of drug-likeness (QED) is 0.187. The molecule has 2 saturated heterocycles. The van der Waals surface area contributed by atoms with Crippen molar-refractivity contribution in [1.29, 1.82) is 0 Å². The van der Waals surface area contributed by atoms with Crippen molar-refractivity contribution in [3.8, 4) is 5.75 Å². The van der Waals surface area contributed by atoms with Crippen LogP contribution in [0.5, 0.6) is 5.75 Å². The summed E-state index contributed by atoms with van der Waals surface area (Å²) in [7, 11) is 0. The van der Waals surface area contributed by atoms with E-state index >= 15 is 0 Å². The van der Waals surface area contributed by atoms with E-state index in [0.29, 0.717) is 18.0 Å². The molecule has 4 aromatic carbocycles. The number of para-hydroxylation sites is 1. The summed E-state index contributed by atoms with van der Waals surface area (Å²) in [5.74, 6) is -1.08. The number of imide groups is 1. The van der Waals surface area contributed by atoms with Crippen LogP contribution in [0.4, 0.5) is 17.1 Å². The van der Waals surface area contributed by atoms with E-state index in [1.165, 1.54) is 24.3 Å². The van der Waals surface area contributed by atoms with Gasteiger partial charge in [-0.2, -0.15) is 0 Å². The third kappa shape index (κ3) is 4.49. The molecular formula is C30H23N3O6. The van der Waals surface area contributed by atoms with Crippen LogP contribution in [0.15, 0.2) is 109 Å². The Bertz CT molecular complexity index is 1510. The lowest BCUT2D eigenvalue weighted by molar-refractivity contribution is -0.384. The minimum absolute atomic E-state index is 0.128. The molecule has 0 aliphatic carbocycles. The van der Waals surface area contributed by atoms with Gasteiger partial charge in [0, 0.05) is 12.1 Å². The lowest BCUT2D eigenvalue weighted by Gasteiger charge is -2.28. The van der Waals surface area contributed by atoms with Crippen LogP contribution in [-0.4, -0.2) is 22.8 Å². The molecule has 39 heavy (non-hydrogen) atoms. The molecule has 0 aromatic heterocycles. The number of non-ortho nitro benzene ring substituents is 1.